The number of hydrogen-bond donors (Lipinski definition) is 2. The molecular weight excluding hydrogens is 272 g/mol. The number of carboxylic acid groups (broad SMARTS) is 1. The minimum atomic E-state index is -1.26. The quantitative estimate of drug-likeness (QED) is 0.664. The molecule has 0 saturated heterocycles. The fourth-order valence-electron chi connectivity index (χ4n) is 1.76. The van der Waals surface area contributed by atoms with E-state index >= 15 is 0 Å². The van der Waals surface area contributed by atoms with Gasteiger partial charge < -0.3 is 5.11 Å². The molecule has 2 rings (SSSR count). The van der Waals surface area contributed by atoms with Crippen LogP contribution < -0.4 is 5.06 Å². The highest BCUT2D eigenvalue weighted by Crippen LogP contribution is 2.18. The molecule has 0 spiro atoms. The Morgan fingerprint density at radius 1 is 1.00 bits per heavy atom. The molecule has 0 radical (unpaired) electrons. The van der Waals surface area contributed by atoms with Crippen LogP contribution in [0, 0.1) is 11.3 Å². The molecule has 0 unspecified atom stereocenters. The molecule has 0 aliphatic rings. The third-order valence-corrected chi connectivity index (χ3v) is 2.82. The van der Waals surface area contributed by atoms with Gasteiger partial charge in [-0.1, -0.05) is 12.1 Å². The van der Waals surface area contributed by atoms with Crippen LogP contribution in [0.3, 0.4) is 0 Å². The fourth-order valence-corrected chi connectivity index (χ4v) is 1.76. The van der Waals surface area contributed by atoms with Crippen molar-refractivity contribution in [1.29, 1.82) is 5.26 Å². The van der Waals surface area contributed by atoms with Gasteiger partial charge in [0.15, 0.2) is 0 Å². The van der Waals surface area contributed by atoms with Crippen LogP contribution in [-0.2, 0) is 0 Å². The average Bonchev–Trinajstić information content (AvgIpc) is 2.53. The smallest absolute Gasteiger partial charge is 0.336 e. The number of carboxylic acids is 1. The Hall–Kier alpha value is -3.17. The van der Waals surface area contributed by atoms with E-state index in [9.17, 15) is 14.8 Å². The summed E-state index contributed by atoms with van der Waals surface area (Å²) in [5.41, 5.74) is 0.191. The fraction of sp³-hybridized carbons (Fsp3) is 0. The predicted molar refractivity (Wildman–Crippen MR) is 73.2 cm³/mol. The minimum absolute atomic E-state index is 0.128. The Morgan fingerprint density at radius 2 is 1.57 bits per heavy atom. The molecule has 0 aliphatic carbocycles. The number of carbonyl (C=O) groups is 2. The Labute approximate surface area is 120 Å². The molecule has 0 saturated carbocycles. The van der Waals surface area contributed by atoms with Gasteiger partial charge in [0.25, 0.3) is 5.91 Å². The first-order valence-corrected chi connectivity index (χ1v) is 5.90. The van der Waals surface area contributed by atoms with Crippen molar-refractivity contribution in [1.82, 2.24) is 0 Å². The average molecular weight is 282 g/mol. The number of anilines is 1. The lowest BCUT2D eigenvalue weighted by Crippen LogP contribution is -2.28. The van der Waals surface area contributed by atoms with E-state index in [1.54, 1.807) is 0 Å². The second-order valence-electron chi connectivity index (χ2n) is 4.13. The minimum Gasteiger partial charge on any atom is -0.478 e. The molecule has 0 aliphatic heterocycles. The summed E-state index contributed by atoms with van der Waals surface area (Å²) < 4.78 is 0. The molecule has 2 aromatic rings. The molecule has 6 nitrogen and oxygen atoms in total. The highest BCUT2D eigenvalue weighted by molar-refractivity contribution is 6.10. The first kappa shape index (κ1) is 14.2. The monoisotopic (exact) mass is 282 g/mol. The van der Waals surface area contributed by atoms with Crippen molar-refractivity contribution in [3.63, 3.8) is 0 Å². The van der Waals surface area contributed by atoms with E-state index in [-0.39, 0.29) is 16.8 Å². The summed E-state index contributed by atoms with van der Waals surface area (Å²) >= 11 is 0. The van der Waals surface area contributed by atoms with E-state index in [4.69, 9.17) is 10.4 Å². The van der Waals surface area contributed by atoms with E-state index in [1.807, 2.05) is 6.07 Å². The summed E-state index contributed by atoms with van der Waals surface area (Å²) in [6, 6.07) is 13.2. The number of hydrogen-bond acceptors (Lipinski definition) is 4. The summed E-state index contributed by atoms with van der Waals surface area (Å²) in [6.45, 7) is 0. The second-order valence-corrected chi connectivity index (χ2v) is 4.13. The zero-order chi connectivity index (χ0) is 15.4. The third kappa shape index (κ3) is 2.88. The lowest BCUT2D eigenvalue weighted by Gasteiger charge is -2.16. The van der Waals surface area contributed by atoms with Crippen molar-refractivity contribution in [2.45, 2.75) is 0 Å². The number of aromatic carboxylic acids is 1. The van der Waals surface area contributed by atoms with E-state index in [0.717, 1.165) is 0 Å². The van der Waals surface area contributed by atoms with Gasteiger partial charge in [-0.25, -0.2) is 4.79 Å². The summed E-state index contributed by atoms with van der Waals surface area (Å²) in [5, 5.41) is 28.0. The number of carbonyl (C=O) groups excluding carboxylic acids is 1. The number of nitrogens with zero attached hydrogens (tertiary/aromatic N) is 2. The van der Waals surface area contributed by atoms with Crippen molar-refractivity contribution < 1.29 is 19.9 Å². The van der Waals surface area contributed by atoms with Crippen LogP contribution in [0.4, 0.5) is 5.69 Å². The molecule has 0 fully saturated rings. The lowest BCUT2D eigenvalue weighted by atomic mass is 10.1. The highest BCUT2D eigenvalue weighted by Gasteiger charge is 2.21. The van der Waals surface area contributed by atoms with Gasteiger partial charge in [-0.05, 0) is 36.4 Å². The number of amides is 1. The summed E-state index contributed by atoms with van der Waals surface area (Å²) in [7, 11) is 0. The Morgan fingerprint density at radius 3 is 2.10 bits per heavy atom. The molecule has 0 atom stereocenters. The summed E-state index contributed by atoms with van der Waals surface area (Å²) in [6.07, 6.45) is 0. The zero-order valence-electron chi connectivity index (χ0n) is 10.7. The molecule has 0 heterocycles. The largest absolute Gasteiger partial charge is 0.478 e. The van der Waals surface area contributed by atoms with Crippen molar-refractivity contribution >= 4 is 17.6 Å². The van der Waals surface area contributed by atoms with Crippen molar-refractivity contribution in [3.05, 3.63) is 65.2 Å². The van der Waals surface area contributed by atoms with Gasteiger partial charge in [0, 0.05) is 0 Å². The molecule has 104 valence electrons. The first-order chi connectivity index (χ1) is 10.0. The van der Waals surface area contributed by atoms with Gasteiger partial charge in [-0.3, -0.25) is 10.0 Å². The van der Waals surface area contributed by atoms with Crippen LogP contribution in [0.5, 0.6) is 0 Å². The SMILES string of the molecule is N#Cc1ccc(N(O)C(=O)c2ccccc2C(=O)O)cc1. The van der Waals surface area contributed by atoms with Gasteiger partial charge in [0.1, 0.15) is 0 Å². The molecule has 2 N–H and O–H groups in total. The standard InChI is InChI=1S/C15H10N2O4/c16-9-10-5-7-11(8-6-10)17(21)14(18)12-3-1-2-4-13(12)15(19)20/h1-8,21H,(H,19,20). The van der Waals surface area contributed by atoms with Crippen molar-refractivity contribution in [2.75, 3.05) is 5.06 Å². The molecule has 21 heavy (non-hydrogen) atoms. The number of hydroxylamine groups is 1. The van der Waals surface area contributed by atoms with Gasteiger partial charge in [0.2, 0.25) is 0 Å². The summed E-state index contributed by atoms with van der Waals surface area (Å²) in [4.78, 5) is 23.3. The molecule has 1 amide bonds. The normalized spacial score (nSPS) is 9.71. The molecule has 0 aromatic heterocycles. The van der Waals surface area contributed by atoms with Gasteiger partial charge in [0.05, 0.1) is 28.4 Å². The maximum Gasteiger partial charge on any atom is 0.336 e. The van der Waals surface area contributed by atoms with E-state index < -0.39 is 11.9 Å². The molecule has 0 bridgehead atoms. The Balaban J connectivity index is 2.35. The van der Waals surface area contributed by atoms with Gasteiger partial charge in [-0.2, -0.15) is 10.3 Å². The van der Waals surface area contributed by atoms with Gasteiger partial charge in [-0.15, -0.1) is 0 Å². The van der Waals surface area contributed by atoms with E-state index in [1.165, 1.54) is 48.5 Å². The number of nitriles is 1. The Kier molecular flexibility index (Phi) is 3.97. The van der Waals surface area contributed by atoms with Crippen LogP contribution in [-0.4, -0.2) is 22.2 Å². The van der Waals surface area contributed by atoms with Crippen molar-refractivity contribution in [3.8, 4) is 6.07 Å². The maximum atomic E-state index is 12.2. The van der Waals surface area contributed by atoms with Crippen LogP contribution >= 0.6 is 0 Å². The van der Waals surface area contributed by atoms with Crippen LogP contribution in [0.2, 0.25) is 0 Å². The lowest BCUT2D eigenvalue weighted by molar-refractivity contribution is 0.0688. The van der Waals surface area contributed by atoms with E-state index in [2.05, 4.69) is 0 Å². The molecular formula is C15H10N2O4. The highest BCUT2D eigenvalue weighted by atomic mass is 16.5. The maximum absolute atomic E-state index is 12.2. The van der Waals surface area contributed by atoms with Crippen molar-refractivity contribution in [2.24, 2.45) is 0 Å². The molecule has 6 heteroatoms. The van der Waals surface area contributed by atoms with Crippen LogP contribution in [0.15, 0.2) is 48.5 Å². The Bertz CT molecular complexity index is 732. The van der Waals surface area contributed by atoms with Crippen LogP contribution in [0.25, 0.3) is 0 Å². The summed E-state index contributed by atoms with van der Waals surface area (Å²) in [5.74, 6) is -2.12. The topological polar surface area (TPSA) is 102 Å². The third-order valence-electron chi connectivity index (χ3n) is 2.82. The van der Waals surface area contributed by atoms with Gasteiger partial charge >= 0.3 is 5.97 Å². The van der Waals surface area contributed by atoms with Crippen LogP contribution in [0.1, 0.15) is 26.3 Å². The number of benzene rings is 2. The number of rotatable bonds is 3. The second kappa shape index (κ2) is 5.86. The predicted octanol–water partition coefficient (Wildman–Crippen LogP) is 2.29. The zero-order valence-corrected chi connectivity index (χ0v) is 10.7. The first-order valence-electron chi connectivity index (χ1n) is 5.90. The van der Waals surface area contributed by atoms with E-state index in [0.29, 0.717) is 10.6 Å². The molecule has 2 aromatic carbocycles.